The second kappa shape index (κ2) is 5.01. The zero-order chi connectivity index (χ0) is 12.2. The lowest BCUT2D eigenvalue weighted by molar-refractivity contribution is -0.176. The van der Waals surface area contributed by atoms with E-state index >= 15 is 0 Å². The molecule has 1 amide bonds. The lowest BCUT2D eigenvalue weighted by Crippen LogP contribution is -2.48. The van der Waals surface area contributed by atoms with Crippen molar-refractivity contribution in [1.29, 1.82) is 0 Å². The molecule has 0 aromatic carbocycles. The predicted molar refractivity (Wildman–Crippen MR) is 48.7 cm³/mol. The average molecular weight is 241 g/mol. The van der Waals surface area contributed by atoms with Crippen molar-refractivity contribution in [3.63, 3.8) is 0 Å². The summed E-state index contributed by atoms with van der Waals surface area (Å²) in [7, 11) is 0. The second-order valence-electron chi connectivity index (χ2n) is 3.96. The minimum atomic E-state index is -4.42. The van der Waals surface area contributed by atoms with E-state index in [0.29, 0.717) is 12.8 Å². The second-order valence-corrected chi connectivity index (χ2v) is 3.96. The van der Waals surface area contributed by atoms with Crippen molar-refractivity contribution in [2.24, 2.45) is 0 Å². The van der Waals surface area contributed by atoms with Crippen LogP contribution in [0.3, 0.4) is 0 Å². The first kappa shape index (κ1) is 13.2. The van der Waals surface area contributed by atoms with Crippen LogP contribution in [-0.4, -0.2) is 42.5 Å². The largest absolute Gasteiger partial charge is 0.411 e. The van der Waals surface area contributed by atoms with Crippen LogP contribution in [0, 0.1) is 0 Å². The minimum absolute atomic E-state index is 0.0706. The van der Waals surface area contributed by atoms with Crippen LogP contribution >= 0.6 is 0 Å². The van der Waals surface area contributed by atoms with Crippen LogP contribution in [0.2, 0.25) is 0 Å². The summed E-state index contributed by atoms with van der Waals surface area (Å²) in [6, 6.07) is 0. The molecule has 0 aliphatic heterocycles. The van der Waals surface area contributed by atoms with Crippen LogP contribution < -0.4 is 5.32 Å². The molecule has 0 spiro atoms. The van der Waals surface area contributed by atoms with Crippen molar-refractivity contribution in [3.05, 3.63) is 0 Å². The molecule has 1 fully saturated rings. The molecular weight excluding hydrogens is 227 g/mol. The van der Waals surface area contributed by atoms with E-state index in [-0.39, 0.29) is 6.54 Å². The molecule has 0 atom stereocenters. The lowest BCUT2D eigenvalue weighted by atomic mass is 9.80. The summed E-state index contributed by atoms with van der Waals surface area (Å²) in [6.07, 6.45) is -2.31. The van der Waals surface area contributed by atoms with E-state index in [1.165, 1.54) is 0 Å². The molecule has 0 bridgehead atoms. The Kier molecular flexibility index (Phi) is 4.15. The Balaban J connectivity index is 2.07. The van der Waals surface area contributed by atoms with Gasteiger partial charge in [0.1, 0.15) is 13.2 Å². The van der Waals surface area contributed by atoms with Gasteiger partial charge in [-0.15, -0.1) is 0 Å². The number of hydrogen-bond acceptors (Lipinski definition) is 3. The van der Waals surface area contributed by atoms with Gasteiger partial charge in [-0.25, -0.2) is 0 Å². The van der Waals surface area contributed by atoms with Crippen molar-refractivity contribution in [3.8, 4) is 0 Å². The normalized spacial score (nSPS) is 19.0. The Bertz CT molecular complexity index is 251. The fraction of sp³-hybridized carbons (Fsp3) is 0.889. The number of carbonyl (C=O) groups is 1. The van der Waals surface area contributed by atoms with Crippen molar-refractivity contribution in [1.82, 2.24) is 5.32 Å². The Morgan fingerprint density at radius 2 is 2.06 bits per heavy atom. The van der Waals surface area contributed by atoms with Crippen LogP contribution in [0.4, 0.5) is 13.2 Å². The molecule has 1 aliphatic carbocycles. The zero-order valence-electron chi connectivity index (χ0n) is 8.64. The minimum Gasteiger partial charge on any atom is -0.388 e. The third kappa shape index (κ3) is 4.80. The molecule has 1 aliphatic rings. The summed E-state index contributed by atoms with van der Waals surface area (Å²) in [5, 5.41) is 11.9. The van der Waals surface area contributed by atoms with Gasteiger partial charge in [-0.05, 0) is 19.3 Å². The van der Waals surface area contributed by atoms with Gasteiger partial charge in [0.15, 0.2) is 0 Å². The molecular formula is C9H14F3NO3. The number of amides is 1. The number of ether oxygens (including phenoxy) is 1. The predicted octanol–water partition coefficient (Wildman–Crippen LogP) is 0.597. The molecule has 4 nitrogen and oxygen atoms in total. The maximum absolute atomic E-state index is 11.6. The fourth-order valence-corrected chi connectivity index (χ4v) is 1.34. The van der Waals surface area contributed by atoms with E-state index in [0.717, 1.165) is 6.42 Å². The fourth-order valence-electron chi connectivity index (χ4n) is 1.34. The zero-order valence-corrected chi connectivity index (χ0v) is 8.64. The first-order valence-corrected chi connectivity index (χ1v) is 4.94. The monoisotopic (exact) mass is 241 g/mol. The molecule has 0 aromatic rings. The van der Waals surface area contributed by atoms with Crippen molar-refractivity contribution in [2.75, 3.05) is 19.8 Å². The molecule has 1 rings (SSSR count). The quantitative estimate of drug-likeness (QED) is 0.741. The summed E-state index contributed by atoms with van der Waals surface area (Å²) in [4.78, 5) is 11.0. The van der Waals surface area contributed by atoms with Gasteiger partial charge in [-0.1, -0.05) is 0 Å². The number of carbonyl (C=O) groups excluding carboxylic acids is 1. The average Bonchev–Trinajstić information content (AvgIpc) is 2.09. The van der Waals surface area contributed by atoms with E-state index < -0.39 is 30.9 Å². The van der Waals surface area contributed by atoms with Gasteiger partial charge in [-0.2, -0.15) is 13.2 Å². The number of nitrogens with one attached hydrogen (secondary N) is 1. The van der Waals surface area contributed by atoms with Gasteiger partial charge < -0.3 is 15.2 Å². The molecule has 0 saturated heterocycles. The number of halogens is 3. The topological polar surface area (TPSA) is 58.6 Å². The summed E-state index contributed by atoms with van der Waals surface area (Å²) >= 11 is 0. The Morgan fingerprint density at radius 3 is 2.50 bits per heavy atom. The standard InChI is InChI=1S/C9H14F3NO3/c10-9(11,12)6-16-4-7(14)13-5-8(15)2-1-3-8/h15H,1-6H2,(H,13,14). The maximum Gasteiger partial charge on any atom is 0.411 e. The molecule has 0 aromatic heterocycles. The SMILES string of the molecule is O=C(COCC(F)(F)F)NCC1(O)CCC1. The van der Waals surface area contributed by atoms with Crippen LogP contribution in [0.1, 0.15) is 19.3 Å². The molecule has 0 radical (unpaired) electrons. The molecule has 16 heavy (non-hydrogen) atoms. The number of aliphatic hydroxyl groups is 1. The van der Waals surface area contributed by atoms with Crippen molar-refractivity contribution >= 4 is 5.91 Å². The Morgan fingerprint density at radius 1 is 1.44 bits per heavy atom. The van der Waals surface area contributed by atoms with Crippen LogP contribution in [0.15, 0.2) is 0 Å². The van der Waals surface area contributed by atoms with Gasteiger partial charge in [-0.3, -0.25) is 4.79 Å². The molecule has 1 saturated carbocycles. The summed E-state index contributed by atoms with van der Waals surface area (Å²) in [5.74, 6) is -0.649. The highest BCUT2D eigenvalue weighted by Gasteiger charge is 2.34. The van der Waals surface area contributed by atoms with Gasteiger partial charge in [0.25, 0.3) is 0 Å². The molecule has 7 heteroatoms. The molecule has 2 N–H and O–H groups in total. The smallest absolute Gasteiger partial charge is 0.388 e. The van der Waals surface area contributed by atoms with Crippen molar-refractivity contribution in [2.45, 2.75) is 31.0 Å². The van der Waals surface area contributed by atoms with Gasteiger partial charge in [0, 0.05) is 6.54 Å². The van der Waals surface area contributed by atoms with Gasteiger partial charge in [0.2, 0.25) is 5.91 Å². The Hall–Kier alpha value is -0.820. The van der Waals surface area contributed by atoms with E-state index in [1.54, 1.807) is 0 Å². The molecule has 0 heterocycles. The van der Waals surface area contributed by atoms with E-state index in [4.69, 9.17) is 0 Å². The molecule has 94 valence electrons. The first-order valence-electron chi connectivity index (χ1n) is 4.94. The maximum atomic E-state index is 11.6. The van der Waals surface area contributed by atoms with Crippen LogP contribution in [0.5, 0.6) is 0 Å². The summed E-state index contributed by atoms with van der Waals surface area (Å²) in [6.45, 7) is -2.01. The highest BCUT2D eigenvalue weighted by Crippen LogP contribution is 2.30. The van der Waals surface area contributed by atoms with E-state index in [9.17, 15) is 23.1 Å². The third-order valence-electron chi connectivity index (χ3n) is 2.40. The first-order chi connectivity index (χ1) is 7.31. The van der Waals surface area contributed by atoms with Crippen LogP contribution in [-0.2, 0) is 9.53 Å². The molecule has 0 unspecified atom stereocenters. The summed E-state index contributed by atoms with van der Waals surface area (Å²) < 4.78 is 39.1. The van der Waals surface area contributed by atoms with Crippen LogP contribution in [0.25, 0.3) is 0 Å². The third-order valence-corrected chi connectivity index (χ3v) is 2.40. The lowest BCUT2D eigenvalue weighted by Gasteiger charge is -2.36. The number of alkyl halides is 3. The highest BCUT2D eigenvalue weighted by molar-refractivity contribution is 5.77. The van der Waals surface area contributed by atoms with Gasteiger partial charge >= 0.3 is 6.18 Å². The number of hydrogen-bond donors (Lipinski definition) is 2. The van der Waals surface area contributed by atoms with Gasteiger partial charge in [0.05, 0.1) is 5.60 Å². The van der Waals surface area contributed by atoms with E-state index in [1.807, 2.05) is 0 Å². The van der Waals surface area contributed by atoms with Crippen molar-refractivity contribution < 1.29 is 27.8 Å². The van der Waals surface area contributed by atoms with E-state index in [2.05, 4.69) is 10.1 Å². The summed E-state index contributed by atoms with van der Waals surface area (Å²) in [5.41, 5.74) is -0.875. The highest BCUT2D eigenvalue weighted by atomic mass is 19.4. The number of rotatable bonds is 5. The Labute approximate surface area is 90.8 Å².